The van der Waals surface area contributed by atoms with Gasteiger partial charge in [0.2, 0.25) is 0 Å². The van der Waals surface area contributed by atoms with E-state index in [0.29, 0.717) is 12.2 Å². The molecule has 1 aliphatic heterocycles. The minimum atomic E-state index is -0.485. The van der Waals surface area contributed by atoms with Crippen molar-refractivity contribution < 1.29 is 9.72 Å². The number of amides is 1. The lowest BCUT2D eigenvalue weighted by atomic mass is 10.1. The summed E-state index contributed by atoms with van der Waals surface area (Å²) < 4.78 is 1.34. The number of hydrogen-bond acceptors (Lipinski definition) is 6. The molecule has 0 bridgehead atoms. The Morgan fingerprint density at radius 2 is 2.28 bits per heavy atom. The zero-order valence-corrected chi connectivity index (χ0v) is 14.0. The maximum absolute atomic E-state index is 12.1. The van der Waals surface area contributed by atoms with Crippen molar-refractivity contribution in [2.24, 2.45) is 0 Å². The van der Waals surface area contributed by atoms with Crippen molar-refractivity contribution in [1.82, 2.24) is 25.6 Å². The van der Waals surface area contributed by atoms with Crippen LogP contribution in [0.1, 0.15) is 16.9 Å². The number of halogens is 1. The fraction of sp³-hybridized carbons (Fsp3) is 0.267. The topological polar surface area (TPSA) is 115 Å². The number of benzene rings is 1. The van der Waals surface area contributed by atoms with Gasteiger partial charge in [-0.05, 0) is 19.0 Å². The van der Waals surface area contributed by atoms with Gasteiger partial charge in [-0.1, -0.05) is 22.9 Å². The van der Waals surface area contributed by atoms with Gasteiger partial charge < -0.3 is 10.6 Å². The summed E-state index contributed by atoms with van der Waals surface area (Å²) in [5, 5.41) is 24.5. The molecule has 0 fully saturated rings. The number of nitrogens with zero attached hydrogens (tertiary/aromatic N) is 4. The lowest BCUT2D eigenvalue weighted by Crippen LogP contribution is -2.29. The maximum Gasteiger partial charge on any atom is 0.273 e. The molecule has 0 aliphatic carbocycles. The van der Waals surface area contributed by atoms with Gasteiger partial charge in [-0.3, -0.25) is 14.9 Å². The zero-order chi connectivity index (χ0) is 16.9. The summed E-state index contributed by atoms with van der Waals surface area (Å²) in [7, 11) is 0. The standard InChI is InChI=1S/C15H16N6O3.ClH/c22-15(17-9-11-4-6-16-7-5-11)14-10-20(19-18-14)12-2-1-3-13(8-12)21(23)24;/h1-4,8,10,16H,5-7,9H2,(H,17,22);1H. The summed E-state index contributed by atoms with van der Waals surface area (Å²) in [6.07, 6.45) is 4.41. The van der Waals surface area contributed by atoms with Crippen molar-refractivity contribution in [3.8, 4) is 5.69 Å². The second kappa shape index (κ2) is 8.36. The molecule has 0 radical (unpaired) electrons. The molecule has 1 aliphatic rings. The highest BCUT2D eigenvalue weighted by Crippen LogP contribution is 2.16. The fourth-order valence-corrected chi connectivity index (χ4v) is 2.36. The van der Waals surface area contributed by atoms with Gasteiger partial charge in [-0.25, -0.2) is 4.68 Å². The third-order valence-corrected chi connectivity index (χ3v) is 3.67. The Bertz CT molecular complexity index is 804. The molecule has 0 saturated carbocycles. The monoisotopic (exact) mass is 364 g/mol. The lowest BCUT2D eigenvalue weighted by molar-refractivity contribution is -0.384. The SMILES string of the molecule is Cl.O=C(NCC1=CCNCC1)c1cn(-c2cccc([N+](=O)[O-])c2)nn1. The number of non-ortho nitro benzene ring substituents is 1. The minimum absolute atomic E-state index is 0. The fourth-order valence-electron chi connectivity index (χ4n) is 2.36. The average molecular weight is 365 g/mol. The van der Waals surface area contributed by atoms with Crippen LogP contribution in [0.5, 0.6) is 0 Å². The summed E-state index contributed by atoms with van der Waals surface area (Å²) >= 11 is 0. The highest BCUT2D eigenvalue weighted by Gasteiger charge is 2.14. The second-order valence-electron chi connectivity index (χ2n) is 5.32. The van der Waals surface area contributed by atoms with Crippen LogP contribution in [0.4, 0.5) is 5.69 Å². The van der Waals surface area contributed by atoms with E-state index in [1.54, 1.807) is 12.1 Å². The first-order valence-electron chi connectivity index (χ1n) is 7.47. The molecular weight excluding hydrogens is 348 g/mol. The van der Waals surface area contributed by atoms with E-state index >= 15 is 0 Å². The van der Waals surface area contributed by atoms with Crippen LogP contribution >= 0.6 is 12.4 Å². The number of nitrogens with one attached hydrogen (secondary N) is 2. The summed E-state index contributed by atoms with van der Waals surface area (Å²) in [6.45, 7) is 2.20. The molecule has 10 heteroatoms. The molecule has 0 spiro atoms. The van der Waals surface area contributed by atoms with Gasteiger partial charge in [0.15, 0.2) is 5.69 Å². The van der Waals surface area contributed by atoms with Crippen LogP contribution in [0.2, 0.25) is 0 Å². The first-order valence-corrected chi connectivity index (χ1v) is 7.47. The van der Waals surface area contributed by atoms with Crippen LogP contribution in [0.3, 0.4) is 0 Å². The number of nitro groups is 1. The summed E-state index contributed by atoms with van der Waals surface area (Å²) in [4.78, 5) is 22.5. The molecule has 2 N–H and O–H groups in total. The number of nitro benzene ring substituents is 1. The van der Waals surface area contributed by atoms with Crippen LogP contribution in [0.15, 0.2) is 42.1 Å². The molecule has 3 rings (SSSR count). The van der Waals surface area contributed by atoms with E-state index in [2.05, 4.69) is 27.0 Å². The number of carbonyl (C=O) groups excluding carboxylic acids is 1. The largest absolute Gasteiger partial charge is 0.347 e. The van der Waals surface area contributed by atoms with Crippen LogP contribution in [0.25, 0.3) is 5.69 Å². The summed E-state index contributed by atoms with van der Waals surface area (Å²) in [5.74, 6) is -0.328. The van der Waals surface area contributed by atoms with E-state index in [-0.39, 0.29) is 29.7 Å². The van der Waals surface area contributed by atoms with Crippen LogP contribution in [-0.2, 0) is 0 Å². The summed E-state index contributed by atoms with van der Waals surface area (Å²) in [5.41, 5.74) is 1.76. The van der Waals surface area contributed by atoms with E-state index in [4.69, 9.17) is 0 Å². The van der Waals surface area contributed by atoms with Gasteiger partial charge in [0.1, 0.15) is 0 Å². The number of carbonyl (C=O) groups is 1. The predicted octanol–water partition coefficient (Wildman–Crippen LogP) is 1.25. The van der Waals surface area contributed by atoms with Crippen LogP contribution < -0.4 is 10.6 Å². The number of rotatable bonds is 5. The molecule has 1 aromatic heterocycles. The Hall–Kier alpha value is -2.78. The van der Waals surface area contributed by atoms with Crippen molar-refractivity contribution >= 4 is 24.0 Å². The minimum Gasteiger partial charge on any atom is -0.347 e. The highest BCUT2D eigenvalue weighted by atomic mass is 35.5. The third-order valence-electron chi connectivity index (χ3n) is 3.67. The first-order chi connectivity index (χ1) is 11.6. The normalized spacial score (nSPS) is 13.5. The van der Waals surface area contributed by atoms with Gasteiger partial charge in [0.05, 0.1) is 16.8 Å². The zero-order valence-electron chi connectivity index (χ0n) is 13.2. The Morgan fingerprint density at radius 3 is 3.00 bits per heavy atom. The molecule has 132 valence electrons. The van der Waals surface area contributed by atoms with Gasteiger partial charge in [0.25, 0.3) is 11.6 Å². The predicted molar refractivity (Wildman–Crippen MR) is 93.2 cm³/mol. The molecule has 25 heavy (non-hydrogen) atoms. The Morgan fingerprint density at radius 1 is 1.44 bits per heavy atom. The van der Waals surface area contributed by atoms with E-state index in [9.17, 15) is 14.9 Å². The third kappa shape index (κ3) is 4.61. The van der Waals surface area contributed by atoms with Crippen molar-refractivity contribution in [2.45, 2.75) is 6.42 Å². The first kappa shape index (κ1) is 18.6. The van der Waals surface area contributed by atoms with E-state index in [1.807, 2.05) is 0 Å². The Balaban J connectivity index is 0.00000225. The number of aromatic nitrogens is 3. The molecular formula is C15H17ClN6O3. The molecule has 0 atom stereocenters. The Kier molecular flexibility index (Phi) is 6.20. The molecule has 0 saturated heterocycles. The van der Waals surface area contributed by atoms with Gasteiger partial charge in [-0.15, -0.1) is 17.5 Å². The molecule has 9 nitrogen and oxygen atoms in total. The number of hydrogen-bond donors (Lipinski definition) is 2. The second-order valence-corrected chi connectivity index (χ2v) is 5.32. The van der Waals surface area contributed by atoms with Crippen molar-refractivity contribution in [3.63, 3.8) is 0 Å². The summed E-state index contributed by atoms with van der Waals surface area (Å²) in [6, 6.07) is 5.97. The smallest absolute Gasteiger partial charge is 0.273 e. The van der Waals surface area contributed by atoms with Gasteiger partial charge in [0, 0.05) is 25.2 Å². The molecule has 0 unspecified atom stereocenters. The van der Waals surface area contributed by atoms with Crippen molar-refractivity contribution in [3.05, 3.63) is 57.9 Å². The van der Waals surface area contributed by atoms with Crippen LogP contribution in [-0.4, -0.2) is 45.5 Å². The van der Waals surface area contributed by atoms with E-state index in [1.165, 1.54) is 28.6 Å². The Labute approximate surface area is 149 Å². The van der Waals surface area contributed by atoms with Crippen molar-refractivity contribution in [1.29, 1.82) is 0 Å². The molecule has 1 amide bonds. The van der Waals surface area contributed by atoms with Gasteiger partial charge in [-0.2, -0.15) is 0 Å². The molecule has 2 aromatic rings. The van der Waals surface area contributed by atoms with E-state index < -0.39 is 4.92 Å². The van der Waals surface area contributed by atoms with Crippen molar-refractivity contribution in [2.75, 3.05) is 19.6 Å². The quantitative estimate of drug-likeness (QED) is 0.468. The highest BCUT2D eigenvalue weighted by molar-refractivity contribution is 5.92. The molecule has 2 heterocycles. The van der Waals surface area contributed by atoms with E-state index in [0.717, 1.165) is 19.5 Å². The van der Waals surface area contributed by atoms with Crippen LogP contribution in [0, 0.1) is 10.1 Å². The maximum atomic E-state index is 12.1. The van der Waals surface area contributed by atoms with Gasteiger partial charge >= 0.3 is 0 Å². The lowest BCUT2D eigenvalue weighted by Gasteiger charge is -2.13. The molecule has 1 aromatic carbocycles. The average Bonchev–Trinajstić information content (AvgIpc) is 3.11.